The fourth-order valence-corrected chi connectivity index (χ4v) is 2.16. The van der Waals surface area contributed by atoms with Crippen molar-refractivity contribution in [3.63, 3.8) is 0 Å². The highest BCUT2D eigenvalue weighted by Gasteiger charge is 2.37. The summed E-state index contributed by atoms with van der Waals surface area (Å²) in [5, 5.41) is 39.1. The molecule has 1 aromatic carbocycles. The predicted octanol–water partition coefficient (Wildman–Crippen LogP) is 0.697. The number of hydrogen-bond donors (Lipinski definition) is 3. The summed E-state index contributed by atoms with van der Waals surface area (Å²) in [6.07, 6.45) is -3.99. The van der Waals surface area contributed by atoms with Gasteiger partial charge in [-0.15, -0.1) is 0 Å². The van der Waals surface area contributed by atoms with Crippen molar-refractivity contribution >= 4 is 5.69 Å². The van der Waals surface area contributed by atoms with Crippen LogP contribution in [-0.4, -0.2) is 58.6 Å². The van der Waals surface area contributed by atoms with Gasteiger partial charge in [-0.25, -0.2) is 0 Å². The van der Waals surface area contributed by atoms with E-state index in [1.165, 1.54) is 18.2 Å². The molecule has 1 aromatic rings. The number of ether oxygens (including phenoxy) is 2. The molecule has 0 spiro atoms. The number of nitro benzene ring substituents is 1. The minimum atomic E-state index is -1.17. The van der Waals surface area contributed by atoms with E-state index in [1.807, 2.05) is 0 Å². The van der Waals surface area contributed by atoms with Gasteiger partial charge in [0.15, 0.2) is 0 Å². The molecule has 0 bridgehead atoms. The summed E-state index contributed by atoms with van der Waals surface area (Å²) in [7, 11) is 0.500. The highest BCUT2D eigenvalue weighted by Crippen LogP contribution is 2.28. The average Bonchev–Trinajstić information content (AvgIpc) is 2.54. The van der Waals surface area contributed by atoms with Gasteiger partial charge in [0.25, 0.3) is 5.69 Å². The van der Waals surface area contributed by atoms with Crippen LogP contribution in [0.2, 0.25) is 0 Å². The number of hydrogen-bond acceptors (Lipinski definition) is 7. The van der Waals surface area contributed by atoms with Gasteiger partial charge in [0, 0.05) is 18.6 Å². The highest BCUT2D eigenvalue weighted by molar-refractivity contribution is 5.43. The van der Waals surface area contributed by atoms with Crippen molar-refractivity contribution in [2.24, 2.45) is 0 Å². The Balaban J connectivity index is 0.00000127. The van der Waals surface area contributed by atoms with Gasteiger partial charge in [0.1, 0.15) is 18.0 Å². The molecule has 2 rings (SSSR count). The molecule has 9 heteroatoms. The number of nitro groups is 1. The standard InChI is InChI=1S/C13H17NO7.CH3F/c1-7-4-8(14(18)19)2-3-10(7)20-12-5-9(16)13(17)11(6-15)21-12;1-2/h2-4,9,11-13,15-17H,5-6H2,1H3;1H3/t9-,11?,12-,13+;/m1./s1. The summed E-state index contributed by atoms with van der Waals surface area (Å²) >= 11 is 0. The number of rotatable bonds is 4. The molecule has 0 radical (unpaired) electrons. The SMILES string of the molecule is CF.Cc1cc([N+](=O)[O-])ccc1O[C@H]1C[C@@H](O)[C@H](O)C(CO)O1. The van der Waals surface area contributed by atoms with Gasteiger partial charge in [-0.05, 0) is 18.6 Å². The van der Waals surface area contributed by atoms with Crippen LogP contribution < -0.4 is 4.74 Å². The first-order chi connectivity index (χ1) is 10.9. The lowest BCUT2D eigenvalue weighted by atomic mass is 10.0. The zero-order valence-electron chi connectivity index (χ0n) is 12.8. The van der Waals surface area contributed by atoms with E-state index in [9.17, 15) is 24.7 Å². The van der Waals surface area contributed by atoms with E-state index >= 15 is 0 Å². The summed E-state index contributed by atoms with van der Waals surface area (Å²) in [6.45, 7) is 1.21. The second kappa shape index (κ2) is 8.73. The molecule has 130 valence electrons. The third-order valence-electron chi connectivity index (χ3n) is 3.34. The molecular weight excluding hydrogens is 313 g/mol. The van der Waals surface area contributed by atoms with Crippen LogP contribution in [-0.2, 0) is 4.74 Å². The number of aryl methyl sites for hydroxylation is 1. The Morgan fingerprint density at radius 3 is 2.61 bits per heavy atom. The molecule has 1 fully saturated rings. The molecule has 0 saturated carbocycles. The van der Waals surface area contributed by atoms with Gasteiger partial charge in [0.05, 0.1) is 24.8 Å². The first-order valence-electron chi connectivity index (χ1n) is 6.84. The zero-order valence-corrected chi connectivity index (χ0v) is 12.8. The maximum atomic E-state index is 10.7. The maximum absolute atomic E-state index is 10.7. The Morgan fingerprint density at radius 1 is 1.43 bits per heavy atom. The van der Waals surface area contributed by atoms with E-state index in [0.717, 1.165) is 0 Å². The fourth-order valence-electron chi connectivity index (χ4n) is 2.16. The van der Waals surface area contributed by atoms with Gasteiger partial charge in [-0.3, -0.25) is 14.5 Å². The van der Waals surface area contributed by atoms with E-state index in [2.05, 4.69) is 0 Å². The van der Waals surface area contributed by atoms with Crippen molar-refractivity contribution in [3.8, 4) is 5.75 Å². The lowest BCUT2D eigenvalue weighted by Gasteiger charge is -2.36. The van der Waals surface area contributed by atoms with Crippen molar-refractivity contribution < 1.29 is 34.1 Å². The molecule has 0 aliphatic carbocycles. The molecule has 4 atom stereocenters. The molecule has 1 saturated heterocycles. The fraction of sp³-hybridized carbons (Fsp3) is 0.571. The number of nitrogens with zero attached hydrogens (tertiary/aromatic N) is 1. The number of non-ortho nitro benzene ring substituents is 1. The van der Waals surface area contributed by atoms with E-state index in [0.29, 0.717) is 18.5 Å². The molecule has 1 heterocycles. The Kier molecular flexibility index (Phi) is 7.30. The molecule has 1 aliphatic heterocycles. The van der Waals surface area contributed by atoms with Crippen LogP contribution >= 0.6 is 0 Å². The third kappa shape index (κ3) is 4.83. The van der Waals surface area contributed by atoms with Crippen LogP contribution in [0.4, 0.5) is 10.1 Å². The molecule has 1 aliphatic rings. The normalized spacial score (nSPS) is 26.9. The Labute approximate surface area is 132 Å². The number of aliphatic hydroxyl groups excluding tert-OH is 3. The Bertz CT molecular complexity index is 528. The lowest BCUT2D eigenvalue weighted by molar-refractivity contribution is -0.384. The number of aliphatic hydroxyl groups is 3. The van der Waals surface area contributed by atoms with E-state index < -0.39 is 36.1 Å². The van der Waals surface area contributed by atoms with Crippen LogP contribution in [0.25, 0.3) is 0 Å². The average molecular weight is 333 g/mol. The van der Waals surface area contributed by atoms with Crippen LogP contribution in [0.5, 0.6) is 5.75 Å². The van der Waals surface area contributed by atoms with Crippen molar-refractivity contribution in [2.75, 3.05) is 13.8 Å². The van der Waals surface area contributed by atoms with Crippen molar-refractivity contribution in [3.05, 3.63) is 33.9 Å². The van der Waals surface area contributed by atoms with Crippen molar-refractivity contribution in [1.82, 2.24) is 0 Å². The topological polar surface area (TPSA) is 122 Å². The Morgan fingerprint density at radius 2 is 2.09 bits per heavy atom. The summed E-state index contributed by atoms with van der Waals surface area (Å²) in [4.78, 5) is 10.2. The lowest BCUT2D eigenvalue weighted by Crippen LogP contribution is -2.51. The van der Waals surface area contributed by atoms with E-state index in [1.54, 1.807) is 6.92 Å². The quantitative estimate of drug-likeness (QED) is 0.547. The largest absolute Gasteiger partial charge is 0.465 e. The number of halogens is 1. The summed E-state index contributed by atoms with van der Waals surface area (Å²) in [6, 6.07) is 4.12. The van der Waals surface area contributed by atoms with Gasteiger partial charge in [0.2, 0.25) is 6.29 Å². The minimum absolute atomic E-state index is 0.0358. The number of benzene rings is 1. The molecule has 0 amide bonds. The highest BCUT2D eigenvalue weighted by atomic mass is 19.1. The van der Waals surface area contributed by atoms with Crippen LogP contribution in [0.15, 0.2) is 18.2 Å². The molecule has 1 unspecified atom stereocenters. The maximum Gasteiger partial charge on any atom is 0.269 e. The monoisotopic (exact) mass is 333 g/mol. The third-order valence-corrected chi connectivity index (χ3v) is 3.34. The van der Waals surface area contributed by atoms with Crippen LogP contribution in [0.1, 0.15) is 12.0 Å². The van der Waals surface area contributed by atoms with Crippen molar-refractivity contribution in [2.45, 2.75) is 37.9 Å². The smallest absolute Gasteiger partial charge is 0.269 e. The molecule has 8 nitrogen and oxygen atoms in total. The van der Waals surface area contributed by atoms with Gasteiger partial charge < -0.3 is 24.8 Å². The molecule has 3 N–H and O–H groups in total. The van der Waals surface area contributed by atoms with E-state index in [4.69, 9.17) is 14.6 Å². The van der Waals surface area contributed by atoms with Gasteiger partial charge in [-0.2, -0.15) is 0 Å². The molecule has 23 heavy (non-hydrogen) atoms. The van der Waals surface area contributed by atoms with Crippen LogP contribution in [0, 0.1) is 17.0 Å². The number of alkyl halides is 1. The second-order valence-corrected chi connectivity index (χ2v) is 4.91. The van der Waals surface area contributed by atoms with Gasteiger partial charge >= 0.3 is 0 Å². The van der Waals surface area contributed by atoms with Crippen LogP contribution in [0.3, 0.4) is 0 Å². The second-order valence-electron chi connectivity index (χ2n) is 4.91. The Hall–Kier alpha value is -1.81. The van der Waals surface area contributed by atoms with E-state index in [-0.39, 0.29) is 12.1 Å². The summed E-state index contributed by atoms with van der Waals surface area (Å²) in [5.41, 5.74) is 0.502. The zero-order chi connectivity index (χ0) is 17.6. The summed E-state index contributed by atoms with van der Waals surface area (Å²) < 4.78 is 20.4. The summed E-state index contributed by atoms with van der Waals surface area (Å²) in [5.74, 6) is 0.380. The first kappa shape index (κ1) is 19.2. The van der Waals surface area contributed by atoms with Crippen molar-refractivity contribution in [1.29, 1.82) is 0 Å². The molecular formula is C14H20FNO7. The minimum Gasteiger partial charge on any atom is -0.465 e. The first-order valence-corrected chi connectivity index (χ1v) is 6.84. The van der Waals surface area contributed by atoms with Gasteiger partial charge in [-0.1, -0.05) is 0 Å². The predicted molar refractivity (Wildman–Crippen MR) is 77.9 cm³/mol. The molecule has 0 aromatic heterocycles.